The number of aliphatic hydroxyl groups is 2. The van der Waals surface area contributed by atoms with Crippen molar-refractivity contribution in [2.24, 2.45) is 0 Å². The summed E-state index contributed by atoms with van der Waals surface area (Å²) in [6, 6.07) is 12.2. The first kappa shape index (κ1) is 16.7. The van der Waals surface area contributed by atoms with E-state index in [1.807, 2.05) is 0 Å². The van der Waals surface area contributed by atoms with E-state index in [2.05, 4.69) is 5.32 Å². The lowest BCUT2D eigenvalue weighted by atomic mass is 10.3. The Bertz CT molecular complexity index is 650. The van der Waals surface area contributed by atoms with Crippen LogP contribution in [0.25, 0.3) is 0 Å². The van der Waals surface area contributed by atoms with Crippen LogP contribution >= 0.6 is 0 Å². The molecular weight excluding hydrogens is 305 g/mol. The van der Waals surface area contributed by atoms with E-state index in [9.17, 15) is 9.18 Å². The number of carbonyl (C=O) groups excluding carboxylic acids is 1. The first-order valence-electron chi connectivity index (χ1n) is 6.83. The molecule has 3 N–H and O–H groups in total. The largest absolute Gasteiger partial charge is 0.488 e. The van der Waals surface area contributed by atoms with Crippen molar-refractivity contribution >= 4 is 11.8 Å². The van der Waals surface area contributed by atoms with Crippen molar-refractivity contribution < 1.29 is 28.9 Å². The summed E-state index contributed by atoms with van der Waals surface area (Å²) in [6.45, 7) is -0.719. The van der Waals surface area contributed by atoms with Crippen molar-refractivity contribution in [3.63, 3.8) is 0 Å². The third-order valence-corrected chi connectivity index (χ3v) is 2.77. The van der Waals surface area contributed by atoms with Gasteiger partial charge in [-0.3, -0.25) is 5.32 Å². The number of ether oxygens (including phenoxy) is 2. The fraction of sp³-hybridized carbons (Fsp3) is 0.188. The summed E-state index contributed by atoms with van der Waals surface area (Å²) in [5.74, 6) is -0.449. The van der Waals surface area contributed by atoms with Crippen molar-refractivity contribution in [2.75, 3.05) is 18.5 Å². The maximum absolute atomic E-state index is 13.8. The van der Waals surface area contributed by atoms with E-state index in [-0.39, 0.29) is 18.0 Å². The third kappa shape index (κ3) is 5.24. The number of anilines is 1. The van der Waals surface area contributed by atoms with Gasteiger partial charge in [0.1, 0.15) is 18.5 Å². The lowest BCUT2D eigenvalue weighted by molar-refractivity contribution is 0.0523. The van der Waals surface area contributed by atoms with Gasteiger partial charge in [-0.05, 0) is 24.3 Å². The summed E-state index contributed by atoms with van der Waals surface area (Å²) in [7, 11) is 0. The topological polar surface area (TPSA) is 88.0 Å². The molecule has 23 heavy (non-hydrogen) atoms. The molecule has 6 nitrogen and oxygen atoms in total. The fourth-order valence-electron chi connectivity index (χ4n) is 1.67. The monoisotopic (exact) mass is 321 g/mol. The number of hydrogen-bond acceptors (Lipinski definition) is 5. The summed E-state index contributed by atoms with van der Waals surface area (Å²) >= 11 is 0. The molecular formula is C16H16FNO5. The minimum absolute atomic E-state index is 0.0977. The minimum Gasteiger partial charge on any atom is -0.488 e. The second-order valence-corrected chi connectivity index (χ2v) is 4.62. The van der Waals surface area contributed by atoms with Gasteiger partial charge in [-0.1, -0.05) is 18.2 Å². The Kier molecular flexibility index (Phi) is 5.90. The third-order valence-electron chi connectivity index (χ3n) is 2.77. The summed E-state index contributed by atoms with van der Waals surface area (Å²) in [4.78, 5) is 11.7. The van der Waals surface area contributed by atoms with Crippen LogP contribution in [0.15, 0.2) is 48.5 Å². The minimum atomic E-state index is -1.09. The number of halogens is 1. The highest BCUT2D eigenvalue weighted by molar-refractivity contribution is 5.86. The molecule has 0 spiro atoms. The molecule has 0 aliphatic carbocycles. The van der Waals surface area contributed by atoms with Gasteiger partial charge in [0.2, 0.25) is 0 Å². The van der Waals surface area contributed by atoms with Crippen LogP contribution in [-0.4, -0.2) is 35.6 Å². The van der Waals surface area contributed by atoms with Crippen LogP contribution in [-0.2, 0) is 0 Å². The van der Waals surface area contributed by atoms with E-state index in [1.54, 1.807) is 30.3 Å². The molecule has 2 aromatic rings. The Morgan fingerprint density at radius 1 is 1.22 bits per heavy atom. The van der Waals surface area contributed by atoms with Gasteiger partial charge in [-0.2, -0.15) is 0 Å². The predicted octanol–water partition coefficient (Wildman–Crippen LogP) is 2.17. The van der Waals surface area contributed by atoms with Crippen molar-refractivity contribution in [1.82, 2.24) is 0 Å². The van der Waals surface area contributed by atoms with Gasteiger partial charge < -0.3 is 19.7 Å². The van der Waals surface area contributed by atoms with E-state index in [0.717, 1.165) is 6.07 Å². The average Bonchev–Trinajstić information content (AvgIpc) is 2.54. The standard InChI is InChI=1S/C16H16FNO5/c17-14-8-11(6-7-15(14)22-10-12(20)9-19)18-16(21)23-13-4-2-1-3-5-13/h1-8,12,19-20H,9-10H2,(H,18,21). The van der Waals surface area contributed by atoms with Crippen molar-refractivity contribution in [2.45, 2.75) is 6.10 Å². The van der Waals surface area contributed by atoms with E-state index in [1.165, 1.54) is 12.1 Å². The molecule has 0 fully saturated rings. The molecule has 1 amide bonds. The molecule has 2 aromatic carbocycles. The van der Waals surface area contributed by atoms with Crippen LogP contribution in [0.4, 0.5) is 14.9 Å². The molecule has 0 saturated carbocycles. The maximum atomic E-state index is 13.8. The lowest BCUT2D eigenvalue weighted by Gasteiger charge is -2.12. The van der Waals surface area contributed by atoms with Gasteiger partial charge in [-0.25, -0.2) is 9.18 Å². The van der Waals surface area contributed by atoms with Gasteiger partial charge in [0.15, 0.2) is 11.6 Å². The number of aliphatic hydroxyl groups excluding tert-OH is 2. The number of benzene rings is 2. The Hall–Kier alpha value is -2.64. The first-order valence-corrected chi connectivity index (χ1v) is 6.83. The molecule has 122 valence electrons. The van der Waals surface area contributed by atoms with Crippen molar-refractivity contribution in [3.8, 4) is 11.5 Å². The van der Waals surface area contributed by atoms with Crippen molar-refractivity contribution in [1.29, 1.82) is 0 Å². The molecule has 2 rings (SSSR count). The van der Waals surface area contributed by atoms with Crippen LogP contribution < -0.4 is 14.8 Å². The molecule has 0 aliphatic rings. The predicted molar refractivity (Wildman–Crippen MR) is 81.1 cm³/mol. The van der Waals surface area contributed by atoms with Crippen LogP contribution in [0, 0.1) is 5.82 Å². The highest BCUT2D eigenvalue weighted by atomic mass is 19.1. The molecule has 7 heteroatoms. The summed E-state index contributed by atoms with van der Waals surface area (Å²) in [5, 5.41) is 20.2. The fourth-order valence-corrected chi connectivity index (χ4v) is 1.67. The second kappa shape index (κ2) is 8.11. The van der Waals surface area contributed by atoms with Gasteiger partial charge in [0, 0.05) is 11.8 Å². The molecule has 1 unspecified atom stereocenters. The van der Waals surface area contributed by atoms with Crippen LogP contribution in [0.5, 0.6) is 11.5 Å². The number of hydrogen-bond donors (Lipinski definition) is 3. The maximum Gasteiger partial charge on any atom is 0.417 e. The Labute approximate surface area is 132 Å². The summed E-state index contributed by atoms with van der Waals surface area (Å²) < 4.78 is 23.9. The van der Waals surface area contributed by atoms with E-state index >= 15 is 0 Å². The normalized spacial score (nSPS) is 11.6. The molecule has 0 aliphatic heterocycles. The van der Waals surface area contributed by atoms with Crippen molar-refractivity contribution in [3.05, 3.63) is 54.3 Å². The summed E-state index contributed by atoms with van der Waals surface area (Å²) in [6.07, 6.45) is -1.84. The number of carbonyl (C=O) groups is 1. The van der Waals surface area contributed by atoms with Gasteiger partial charge >= 0.3 is 6.09 Å². The van der Waals surface area contributed by atoms with Crippen LogP contribution in [0.3, 0.4) is 0 Å². The van der Waals surface area contributed by atoms with E-state index in [0.29, 0.717) is 5.75 Å². The number of para-hydroxylation sites is 1. The smallest absolute Gasteiger partial charge is 0.417 e. The van der Waals surface area contributed by atoms with E-state index in [4.69, 9.17) is 19.7 Å². The quantitative estimate of drug-likeness (QED) is 0.759. The number of nitrogens with one attached hydrogen (secondary N) is 1. The zero-order valence-electron chi connectivity index (χ0n) is 12.1. The Balaban J connectivity index is 1.93. The number of rotatable bonds is 6. The zero-order valence-corrected chi connectivity index (χ0v) is 12.1. The van der Waals surface area contributed by atoms with Gasteiger partial charge in [-0.15, -0.1) is 0 Å². The molecule has 0 saturated heterocycles. The molecule has 0 radical (unpaired) electrons. The van der Waals surface area contributed by atoms with Gasteiger partial charge in [0.05, 0.1) is 6.61 Å². The Morgan fingerprint density at radius 3 is 2.61 bits per heavy atom. The highest BCUT2D eigenvalue weighted by Gasteiger charge is 2.10. The highest BCUT2D eigenvalue weighted by Crippen LogP contribution is 2.21. The van der Waals surface area contributed by atoms with Gasteiger partial charge in [0.25, 0.3) is 0 Å². The summed E-state index contributed by atoms with van der Waals surface area (Å²) in [5.41, 5.74) is 0.193. The second-order valence-electron chi connectivity index (χ2n) is 4.62. The molecule has 0 bridgehead atoms. The van der Waals surface area contributed by atoms with E-state index < -0.39 is 24.6 Å². The van der Waals surface area contributed by atoms with Crippen LogP contribution in [0.1, 0.15) is 0 Å². The zero-order chi connectivity index (χ0) is 16.7. The number of amides is 1. The molecule has 0 heterocycles. The lowest BCUT2D eigenvalue weighted by Crippen LogP contribution is -2.21. The Morgan fingerprint density at radius 2 is 1.96 bits per heavy atom. The average molecular weight is 321 g/mol. The van der Waals surface area contributed by atoms with Crippen LogP contribution in [0.2, 0.25) is 0 Å². The molecule has 1 atom stereocenters. The SMILES string of the molecule is O=C(Nc1ccc(OCC(O)CO)c(F)c1)Oc1ccccc1. The molecule has 0 aromatic heterocycles. The first-order chi connectivity index (χ1) is 11.1.